The molecule has 2 heteroatoms. The molecule has 0 fully saturated rings. The van der Waals surface area contributed by atoms with Crippen LogP contribution >= 0.6 is 23.2 Å². The van der Waals surface area contributed by atoms with E-state index in [0.717, 1.165) is 11.4 Å². The summed E-state index contributed by atoms with van der Waals surface area (Å²) in [4.78, 5) is 0. The highest BCUT2D eigenvalue weighted by Crippen LogP contribution is 2.39. The number of benzene rings is 2. The van der Waals surface area contributed by atoms with E-state index in [2.05, 4.69) is 30.3 Å². The number of fused-ring (bicyclic) bond motifs is 3. The van der Waals surface area contributed by atoms with Gasteiger partial charge in [0.05, 0.1) is 5.38 Å². The number of hydrogen-bond acceptors (Lipinski definition) is 0. The number of rotatable bonds is 1. The summed E-state index contributed by atoms with van der Waals surface area (Å²) in [7, 11) is 0. The lowest BCUT2D eigenvalue weighted by Crippen LogP contribution is -1.87. The molecule has 17 heavy (non-hydrogen) atoms. The maximum absolute atomic E-state index is 6.12. The number of alkyl halides is 1. The van der Waals surface area contributed by atoms with Crippen molar-refractivity contribution >= 4 is 23.2 Å². The average Bonchev–Trinajstić information content (AvgIpc) is 2.64. The molecule has 1 aliphatic rings. The van der Waals surface area contributed by atoms with E-state index in [1.165, 1.54) is 27.8 Å². The molecule has 0 heterocycles. The van der Waals surface area contributed by atoms with Crippen LogP contribution in [0.15, 0.2) is 36.4 Å². The Kier molecular flexibility index (Phi) is 2.65. The minimum absolute atomic E-state index is 0.0626. The summed E-state index contributed by atoms with van der Waals surface area (Å²) >= 11 is 12.1. The molecule has 3 rings (SSSR count). The fourth-order valence-corrected chi connectivity index (χ4v) is 2.78. The molecular formula is C15H12Cl2. The monoisotopic (exact) mass is 262 g/mol. The van der Waals surface area contributed by atoms with E-state index in [4.69, 9.17) is 23.2 Å². The molecule has 0 N–H and O–H groups in total. The highest BCUT2D eigenvalue weighted by atomic mass is 35.5. The van der Waals surface area contributed by atoms with Gasteiger partial charge in [0.25, 0.3) is 0 Å². The summed E-state index contributed by atoms with van der Waals surface area (Å²) in [6.07, 6.45) is 0.961. The molecular weight excluding hydrogens is 251 g/mol. The van der Waals surface area contributed by atoms with Gasteiger partial charge in [0.2, 0.25) is 0 Å². The molecule has 1 unspecified atom stereocenters. The second-order valence-electron chi connectivity index (χ2n) is 4.51. The Morgan fingerprint density at radius 3 is 2.35 bits per heavy atom. The molecule has 0 spiro atoms. The molecule has 1 aliphatic carbocycles. The third-order valence-electron chi connectivity index (χ3n) is 3.33. The van der Waals surface area contributed by atoms with Gasteiger partial charge in [0, 0.05) is 5.02 Å². The van der Waals surface area contributed by atoms with Gasteiger partial charge >= 0.3 is 0 Å². The van der Waals surface area contributed by atoms with Gasteiger partial charge in [0.15, 0.2) is 0 Å². The van der Waals surface area contributed by atoms with Crippen molar-refractivity contribution in [1.82, 2.24) is 0 Å². The van der Waals surface area contributed by atoms with E-state index in [0.29, 0.717) is 0 Å². The highest BCUT2D eigenvalue weighted by molar-refractivity contribution is 6.30. The molecule has 0 nitrogen and oxygen atoms in total. The molecule has 2 aromatic carbocycles. The summed E-state index contributed by atoms with van der Waals surface area (Å²) < 4.78 is 0. The van der Waals surface area contributed by atoms with Crippen molar-refractivity contribution in [2.45, 2.75) is 18.7 Å². The zero-order chi connectivity index (χ0) is 12.0. The molecule has 86 valence electrons. The van der Waals surface area contributed by atoms with Crippen LogP contribution in [0.25, 0.3) is 11.1 Å². The maximum atomic E-state index is 6.12. The van der Waals surface area contributed by atoms with E-state index in [9.17, 15) is 0 Å². The molecule has 0 amide bonds. The van der Waals surface area contributed by atoms with E-state index in [1.807, 2.05) is 13.0 Å². The Morgan fingerprint density at radius 2 is 1.65 bits per heavy atom. The Balaban J connectivity index is 2.12. The van der Waals surface area contributed by atoms with Crippen LogP contribution in [0.1, 0.15) is 29.0 Å². The molecule has 0 aliphatic heterocycles. The van der Waals surface area contributed by atoms with Crippen molar-refractivity contribution in [3.8, 4) is 11.1 Å². The van der Waals surface area contributed by atoms with Crippen LogP contribution in [0.4, 0.5) is 0 Å². The third-order valence-corrected chi connectivity index (χ3v) is 3.81. The predicted molar refractivity (Wildman–Crippen MR) is 74.0 cm³/mol. The molecule has 0 bridgehead atoms. The fraction of sp³-hybridized carbons (Fsp3) is 0.200. The first-order valence-corrected chi connectivity index (χ1v) is 6.52. The van der Waals surface area contributed by atoms with Crippen molar-refractivity contribution in [2.75, 3.05) is 0 Å². The summed E-state index contributed by atoms with van der Waals surface area (Å²) in [6.45, 7) is 2.00. The molecule has 2 aromatic rings. The lowest BCUT2D eigenvalue weighted by atomic mass is 10.0. The lowest BCUT2D eigenvalue weighted by molar-refractivity contribution is 1.07. The van der Waals surface area contributed by atoms with Crippen molar-refractivity contribution in [3.63, 3.8) is 0 Å². The second kappa shape index (κ2) is 4.04. The van der Waals surface area contributed by atoms with Crippen molar-refractivity contribution in [2.24, 2.45) is 0 Å². The van der Waals surface area contributed by atoms with E-state index in [-0.39, 0.29) is 5.38 Å². The zero-order valence-corrected chi connectivity index (χ0v) is 11.0. The Labute approximate surface area is 111 Å². The number of hydrogen-bond donors (Lipinski definition) is 0. The highest BCUT2D eigenvalue weighted by Gasteiger charge is 2.19. The van der Waals surface area contributed by atoms with Crippen LogP contribution in [0.5, 0.6) is 0 Å². The summed E-state index contributed by atoms with van der Waals surface area (Å²) in [5.41, 5.74) is 6.47. The second-order valence-corrected chi connectivity index (χ2v) is 5.60. The average molecular weight is 263 g/mol. The van der Waals surface area contributed by atoms with Gasteiger partial charge in [0.1, 0.15) is 0 Å². The molecule has 1 atom stereocenters. The smallest absolute Gasteiger partial charge is 0.0557 e. The van der Waals surface area contributed by atoms with Crippen LogP contribution in [0.2, 0.25) is 5.02 Å². The Hall–Kier alpha value is -0.980. The lowest BCUT2D eigenvalue weighted by Gasteiger charge is -2.06. The topological polar surface area (TPSA) is 0 Å². The fourth-order valence-electron chi connectivity index (χ4n) is 2.45. The van der Waals surface area contributed by atoms with Gasteiger partial charge in [-0.05, 0) is 53.3 Å². The standard InChI is InChI=1S/C15H12Cl2/c1-9(16)10-2-4-14-11(6-10)7-12-8-13(17)3-5-15(12)14/h2-6,8-9H,7H2,1H3. The number of halogens is 2. The van der Waals surface area contributed by atoms with Gasteiger partial charge < -0.3 is 0 Å². The largest absolute Gasteiger partial charge is 0.118 e. The zero-order valence-electron chi connectivity index (χ0n) is 9.50. The summed E-state index contributed by atoms with van der Waals surface area (Å²) in [5, 5.41) is 0.870. The van der Waals surface area contributed by atoms with Crippen LogP contribution in [-0.2, 0) is 6.42 Å². The van der Waals surface area contributed by atoms with E-state index < -0.39 is 0 Å². The molecule has 0 saturated carbocycles. The first kappa shape index (κ1) is 11.1. The molecule has 0 aromatic heterocycles. The summed E-state index contributed by atoms with van der Waals surface area (Å²) in [5.74, 6) is 0. The van der Waals surface area contributed by atoms with Crippen LogP contribution in [-0.4, -0.2) is 0 Å². The van der Waals surface area contributed by atoms with Crippen LogP contribution < -0.4 is 0 Å². The van der Waals surface area contributed by atoms with Crippen LogP contribution in [0, 0.1) is 0 Å². The maximum Gasteiger partial charge on any atom is 0.0557 e. The van der Waals surface area contributed by atoms with Crippen molar-refractivity contribution in [3.05, 3.63) is 58.1 Å². The van der Waals surface area contributed by atoms with E-state index in [1.54, 1.807) is 0 Å². The third kappa shape index (κ3) is 1.86. The van der Waals surface area contributed by atoms with Gasteiger partial charge in [-0.25, -0.2) is 0 Å². The van der Waals surface area contributed by atoms with Gasteiger partial charge in [-0.2, -0.15) is 0 Å². The van der Waals surface area contributed by atoms with Crippen molar-refractivity contribution < 1.29 is 0 Å². The van der Waals surface area contributed by atoms with Gasteiger partial charge in [-0.1, -0.05) is 35.9 Å². The normalized spacial score (nSPS) is 14.3. The predicted octanol–water partition coefficient (Wildman–Crippen LogP) is 5.21. The SMILES string of the molecule is CC(Cl)c1ccc2c(c1)Cc1cc(Cl)ccc1-2. The minimum atomic E-state index is 0.0626. The molecule has 0 radical (unpaired) electrons. The van der Waals surface area contributed by atoms with E-state index >= 15 is 0 Å². The minimum Gasteiger partial charge on any atom is -0.118 e. The van der Waals surface area contributed by atoms with Crippen molar-refractivity contribution in [1.29, 1.82) is 0 Å². The first-order valence-electron chi connectivity index (χ1n) is 5.71. The van der Waals surface area contributed by atoms with Gasteiger partial charge in [-0.3, -0.25) is 0 Å². The molecule has 0 saturated heterocycles. The van der Waals surface area contributed by atoms with Gasteiger partial charge in [-0.15, -0.1) is 11.6 Å². The quantitative estimate of drug-likeness (QED) is 0.528. The van der Waals surface area contributed by atoms with Crippen LogP contribution in [0.3, 0.4) is 0 Å². The Bertz CT molecular complexity index is 585. The first-order chi connectivity index (χ1) is 8.15. The Morgan fingerprint density at radius 1 is 1.00 bits per heavy atom. The summed E-state index contributed by atoms with van der Waals surface area (Å²) in [6, 6.07) is 12.6.